The highest BCUT2D eigenvalue weighted by Crippen LogP contribution is 2.33. The number of aromatic nitrogens is 1. The molecule has 1 saturated carbocycles. The number of anilines is 1. The normalized spacial score (nSPS) is 22.2. The average molecular weight is 262 g/mol. The second kappa shape index (κ2) is 5.82. The molecule has 1 aromatic heterocycles. The van der Waals surface area contributed by atoms with Crippen LogP contribution in [-0.2, 0) is 9.59 Å². The molecule has 102 valence electrons. The molecular weight excluding hydrogens is 244 g/mol. The van der Waals surface area contributed by atoms with E-state index in [4.69, 9.17) is 5.11 Å². The van der Waals surface area contributed by atoms with Gasteiger partial charge in [0.25, 0.3) is 0 Å². The number of pyridine rings is 1. The number of nitrogens with zero attached hydrogens (tertiary/aromatic N) is 2. The van der Waals surface area contributed by atoms with Crippen LogP contribution in [0.5, 0.6) is 0 Å². The third-order valence-corrected chi connectivity index (χ3v) is 3.69. The molecule has 0 radical (unpaired) electrons. The highest BCUT2D eigenvalue weighted by Gasteiger charge is 2.35. The van der Waals surface area contributed by atoms with Gasteiger partial charge < -0.3 is 10.0 Å². The van der Waals surface area contributed by atoms with Crippen molar-refractivity contribution in [3.63, 3.8) is 0 Å². The van der Waals surface area contributed by atoms with Crippen LogP contribution in [0.1, 0.15) is 26.2 Å². The van der Waals surface area contributed by atoms with E-state index in [0.29, 0.717) is 25.8 Å². The molecule has 2 rings (SSSR count). The van der Waals surface area contributed by atoms with Crippen molar-refractivity contribution in [3.8, 4) is 0 Å². The summed E-state index contributed by atoms with van der Waals surface area (Å²) in [5, 5.41) is 8.99. The summed E-state index contributed by atoms with van der Waals surface area (Å²) in [4.78, 5) is 29.0. The maximum Gasteiger partial charge on any atom is 0.306 e. The van der Waals surface area contributed by atoms with E-state index in [-0.39, 0.29) is 17.7 Å². The Labute approximate surface area is 112 Å². The lowest BCUT2D eigenvalue weighted by atomic mass is 10.0. The molecule has 1 N–H and O–H groups in total. The fourth-order valence-corrected chi connectivity index (χ4v) is 2.64. The van der Waals surface area contributed by atoms with Gasteiger partial charge in [0, 0.05) is 30.5 Å². The number of hydrogen-bond acceptors (Lipinski definition) is 3. The van der Waals surface area contributed by atoms with Gasteiger partial charge in [0.2, 0.25) is 5.91 Å². The van der Waals surface area contributed by atoms with Crippen LogP contribution < -0.4 is 4.90 Å². The molecule has 0 spiro atoms. The first-order valence-electron chi connectivity index (χ1n) is 6.57. The Balaban J connectivity index is 2.08. The van der Waals surface area contributed by atoms with Gasteiger partial charge in [-0.1, -0.05) is 0 Å². The first kappa shape index (κ1) is 13.5. The average Bonchev–Trinajstić information content (AvgIpc) is 2.90. The molecule has 2 unspecified atom stereocenters. The molecule has 2 atom stereocenters. The van der Waals surface area contributed by atoms with Gasteiger partial charge in [0.15, 0.2) is 0 Å². The smallest absolute Gasteiger partial charge is 0.306 e. The number of rotatable bonds is 4. The van der Waals surface area contributed by atoms with Crippen molar-refractivity contribution >= 4 is 17.6 Å². The van der Waals surface area contributed by atoms with Gasteiger partial charge in [-0.15, -0.1) is 0 Å². The van der Waals surface area contributed by atoms with Gasteiger partial charge in [-0.2, -0.15) is 0 Å². The van der Waals surface area contributed by atoms with Crippen molar-refractivity contribution in [2.75, 3.05) is 11.4 Å². The molecule has 0 aromatic carbocycles. The first-order chi connectivity index (χ1) is 9.13. The predicted octanol–water partition coefficient (Wildman–Crippen LogP) is 1.94. The van der Waals surface area contributed by atoms with E-state index in [0.717, 1.165) is 5.69 Å². The largest absolute Gasteiger partial charge is 0.481 e. The summed E-state index contributed by atoms with van der Waals surface area (Å²) in [6, 6.07) is 3.59. The van der Waals surface area contributed by atoms with E-state index in [2.05, 4.69) is 4.98 Å². The van der Waals surface area contributed by atoms with E-state index in [1.54, 1.807) is 29.4 Å². The Morgan fingerprint density at radius 3 is 2.47 bits per heavy atom. The fourth-order valence-electron chi connectivity index (χ4n) is 2.64. The Morgan fingerprint density at radius 1 is 1.32 bits per heavy atom. The zero-order chi connectivity index (χ0) is 13.8. The molecule has 0 aliphatic heterocycles. The van der Waals surface area contributed by atoms with Crippen molar-refractivity contribution in [3.05, 3.63) is 24.5 Å². The number of carboxylic acid groups (broad SMARTS) is 1. The Kier molecular flexibility index (Phi) is 4.14. The fraction of sp³-hybridized carbons (Fsp3) is 0.500. The maximum absolute atomic E-state index is 12.5. The summed E-state index contributed by atoms with van der Waals surface area (Å²) in [7, 11) is 0. The number of hydrogen-bond donors (Lipinski definition) is 1. The lowest BCUT2D eigenvalue weighted by Crippen LogP contribution is -2.35. The summed E-state index contributed by atoms with van der Waals surface area (Å²) >= 11 is 0. The van der Waals surface area contributed by atoms with E-state index in [1.165, 1.54) is 0 Å². The minimum absolute atomic E-state index is 0.0254. The molecule has 5 nitrogen and oxygen atoms in total. The van der Waals surface area contributed by atoms with Crippen molar-refractivity contribution < 1.29 is 14.7 Å². The highest BCUT2D eigenvalue weighted by atomic mass is 16.4. The zero-order valence-corrected chi connectivity index (χ0v) is 11.0. The molecule has 0 saturated heterocycles. The summed E-state index contributed by atoms with van der Waals surface area (Å²) in [6.07, 6.45) is 5.02. The van der Waals surface area contributed by atoms with Gasteiger partial charge in [-0.05, 0) is 38.3 Å². The second-order valence-corrected chi connectivity index (χ2v) is 4.83. The summed E-state index contributed by atoms with van der Waals surface area (Å²) in [6.45, 7) is 2.50. The van der Waals surface area contributed by atoms with Crippen molar-refractivity contribution in [2.24, 2.45) is 11.8 Å². The molecule has 1 aliphatic carbocycles. The third kappa shape index (κ3) is 2.92. The van der Waals surface area contributed by atoms with Crippen LogP contribution in [0.3, 0.4) is 0 Å². The Bertz CT molecular complexity index is 461. The van der Waals surface area contributed by atoms with Crippen molar-refractivity contribution in [1.82, 2.24) is 4.98 Å². The molecule has 1 aliphatic rings. The first-order valence-corrected chi connectivity index (χ1v) is 6.57. The Hall–Kier alpha value is -1.91. The summed E-state index contributed by atoms with van der Waals surface area (Å²) in [5.74, 6) is -1.31. The number of carbonyl (C=O) groups excluding carboxylic acids is 1. The van der Waals surface area contributed by atoms with Gasteiger partial charge in [-0.3, -0.25) is 14.6 Å². The molecule has 1 aromatic rings. The molecule has 1 heterocycles. The standard InChI is InChI=1S/C14H18N2O3/c1-2-16(12-5-7-15-8-6-12)13(17)10-3-4-11(9-10)14(18)19/h5-8,10-11H,2-4,9H2,1H3,(H,18,19). The van der Waals surface area contributed by atoms with Crippen LogP contribution in [0.15, 0.2) is 24.5 Å². The van der Waals surface area contributed by atoms with Gasteiger partial charge >= 0.3 is 5.97 Å². The van der Waals surface area contributed by atoms with Crippen LogP contribution in [-0.4, -0.2) is 28.5 Å². The van der Waals surface area contributed by atoms with Crippen LogP contribution in [0, 0.1) is 11.8 Å². The number of amides is 1. The van der Waals surface area contributed by atoms with Crippen molar-refractivity contribution in [2.45, 2.75) is 26.2 Å². The molecule has 0 bridgehead atoms. The maximum atomic E-state index is 12.5. The van der Waals surface area contributed by atoms with E-state index < -0.39 is 5.97 Å². The monoisotopic (exact) mass is 262 g/mol. The minimum Gasteiger partial charge on any atom is -0.481 e. The van der Waals surface area contributed by atoms with Crippen LogP contribution in [0.4, 0.5) is 5.69 Å². The summed E-state index contributed by atoms with van der Waals surface area (Å²) < 4.78 is 0. The quantitative estimate of drug-likeness (QED) is 0.900. The van der Waals surface area contributed by atoms with E-state index in [1.807, 2.05) is 6.92 Å². The molecule has 1 fully saturated rings. The van der Waals surface area contributed by atoms with Crippen LogP contribution in [0.25, 0.3) is 0 Å². The minimum atomic E-state index is -0.790. The number of carboxylic acids is 1. The molecule has 5 heteroatoms. The second-order valence-electron chi connectivity index (χ2n) is 4.83. The molecular formula is C14H18N2O3. The summed E-state index contributed by atoms with van der Waals surface area (Å²) in [5.41, 5.74) is 0.821. The zero-order valence-electron chi connectivity index (χ0n) is 11.0. The Morgan fingerprint density at radius 2 is 1.95 bits per heavy atom. The number of carbonyl (C=O) groups is 2. The SMILES string of the molecule is CCN(C(=O)C1CCC(C(=O)O)C1)c1ccncc1. The van der Waals surface area contributed by atoms with Gasteiger partial charge in [0.05, 0.1) is 5.92 Å². The van der Waals surface area contributed by atoms with Crippen molar-refractivity contribution in [1.29, 1.82) is 0 Å². The predicted molar refractivity (Wildman–Crippen MR) is 70.7 cm³/mol. The van der Waals surface area contributed by atoms with Crippen LogP contribution in [0.2, 0.25) is 0 Å². The highest BCUT2D eigenvalue weighted by molar-refractivity contribution is 5.95. The molecule has 1 amide bonds. The van der Waals surface area contributed by atoms with Gasteiger partial charge in [-0.25, -0.2) is 0 Å². The van der Waals surface area contributed by atoms with E-state index in [9.17, 15) is 9.59 Å². The topological polar surface area (TPSA) is 70.5 Å². The number of aliphatic carboxylic acids is 1. The van der Waals surface area contributed by atoms with E-state index >= 15 is 0 Å². The lowest BCUT2D eigenvalue weighted by molar-refractivity contribution is -0.141. The molecule has 19 heavy (non-hydrogen) atoms. The third-order valence-electron chi connectivity index (χ3n) is 3.69. The van der Waals surface area contributed by atoms with Gasteiger partial charge in [0.1, 0.15) is 0 Å². The van der Waals surface area contributed by atoms with Crippen LogP contribution >= 0.6 is 0 Å². The lowest BCUT2D eigenvalue weighted by Gasteiger charge is -2.24.